The van der Waals surface area contributed by atoms with Gasteiger partial charge in [0.1, 0.15) is 30.7 Å². The van der Waals surface area contributed by atoms with Gasteiger partial charge in [-0.25, -0.2) is 14.4 Å². The van der Waals surface area contributed by atoms with E-state index in [9.17, 15) is 9.18 Å². The summed E-state index contributed by atoms with van der Waals surface area (Å²) in [6.45, 7) is 1.28. The van der Waals surface area contributed by atoms with Crippen molar-refractivity contribution in [2.24, 2.45) is 0 Å². The third-order valence-corrected chi connectivity index (χ3v) is 5.75. The van der Waals surface area contributed by atoms with E-state index in [0.29, 0.717) is 59.8 Å². The number of nitrogens with one attached hydrogen (secondary N) is 1. The van der Waals surface area contributed by atoms with Gasteiger partial charge in [0.05, 0.1) is 17.6 Å². The third-order valence-electron chi connectivity index (χ3n) is 5.46. The molecule has 0 radical (unpaired) electrons. The first-order valence-corrected chi connectivity index (χ1v) is 10.8. The zero-order chi connectivity index (χ0) is 23.4. The molecule has 10 heteroatoms. The second-order valence-corrected chi connectivity index (χ2v) is 8.03. The summed E-state index contributed by atoms with van der Waals surface area (Å²) in [6.07, 6.45) is 2.75. The van der Waals surface area contributed by atoms with Gasteiger partial charge in [-0.2, -0.15) is 0 Å². The molecule has 1 saturated heterocycles. The molecule has 2 heterocycles. The Morgan fingerprint density at radius 2 is 1.97 bits per heavy atom. The number of amides is 1. The predicted octanol–water partition coefficient (Wildman–Crippen LogP) is 4.19. The molecule has 0 spiro atoms. The molecule has 0 atom stereocenters. The van der Waals surface area contributed by atoms with Gasteiger partial charge in [0.2, 0.25) is 5.91 Å². The molecule has 1 aliphatic rings. The number of fused-ring (bicyclic) bond motifs is 1. The summed E-state index contributed by atoms with van der Waals surface area (Å²) in [5, 5.41) is 3.88. The first-order chi connectivity index (χ1) is 16.0. The molecule has 1 aliphatic heterocycles. The lowest BCUT2D eigenvalue weighted by Gasteiger charge is -2.32. The Bertz CT molecular complexity index is 1150. The molecular formula is C23H24ClFN4O4. The second-order valence-electron chi connectivity index (χ2n) is 7.63. The number of hydrogen-bond acceptors (Lipinski definition) is 7. The van der Waals surface area contributed by atoms with Gasteiger partial charge in [-0.1, -0.05) is 11.6 Å². The van der Waals surface area contributed by atoms with Gasteiger partial charge in [-0.05, 0) is 24.3 Å². The van der Waals surface area contributed by atoms with Crippen molar-refractivity contribution in [2.45, 2.75) is 18.9 Å². The molecule has 0 bridgehead atoms. The summed E-state index contributed by atoms with van der Waals surface area (Å²) in [5.74, 6) is 1.12. The Morgan fingerprint density at radius 3 is 2.67 bits per heavy atom. The predicted molar refractivity (Wildman–Crippen MR) is 123 cm³/mol. The molecule has 1 N–H and O–H groups in total. The van der Waals surface area contributed by atoms with Crippen LogP contribution in [0.25, 0.3) is 10.9 Å². The van der Waals surface area contributed by atoms with E-state index in [4.69, 9.17) is 25.8 Å². The van der Waals surface area contributed by atoms with Crippen molar-refractivity contribution >= 4 is 39.9 Å². The van der Waals surface area contributed by atoms with E-state index in [1.165, 1.54) is 25.6 Å². The summed E-state index contributed by atoms with van der Waals surface area (Å²) in [7, 11) is 3.08. The molecule has 1 aromatic heterocycles. The van der Waals surface area contributed by atoms with Crippen LogP contribution in [-0.4, -0.2) is 60.8 Å². The van der Waals surface area contributed by atoms with Crippen molar-refractivity contribution in [1.82, 2.24) is 14.9 Å². The maximum Gasteiger partial charge on any atom is 0.248 e. The number of benzene rings is 2. The van der Waals surface area contributed by atoms with Crippen LogP contribution in [0.3, 0.4) is 0 Å². The van der Waals surface area contributed by atoms with Crippen molar-refractivity contribution in [2.75, 3.05) is 39.2 Å². The molecule has 1 amide bonds. The van der Waals surface area contributed by atoms with Gasteiger partial charge in [-0.3, -0.25) is 4.79 Å². The molecule has 0 saturated carbocycles. The van der Waals surface area contributed by atoms with Crippen molar-refractivity contribution in [1.29, 1.82) is 0 Å². The maximum atomic E-state index is 13.5. The smallest absolute Gasteiger partial charge is 0.248 e. The summed E-state index contributed by atoms with van der Waals surface area (Å²) < 4.78 is 30.2. The number of hydrogen-bond donors (Lipinski definition) is 1. The Labute approximate surface area is 195 Å². The van der Waals surface area contributed by atoms with Crippen LogP contribution in [0.5, 0.6) is 11.5 Å². The number of rotatable bonds is 7. The van der Waals surface area contributed by atoms with E-state index < -0.39 is 5.82 Å². The van der Waals surface area contributed by atoms with Gasteiger partial charge in [-0.15, -0.1) is 0 Å². The summed E-state index contributed by atoms with van der Waals surface area (Å²) in [6, 6.07) is 7.96. The highest BCUT2D eigenvalue weighted by Gasteiger charge is 2.25. The highest BCUT2D eigenvalue weighted by Crippen LogP contribution is 2.36. The van der Waals surface area contributed by atoms with E-state index in [1.807, 2.05) is 6.07 Å². The second kappa shape index (κ2) is 10.2. The average Bonchev–Trinajstić information content (AvgIpc) is 2.82. The van der Waals surface area contributed by atoms with Crippen LogP contribution < -0.4 is 14.8 Å². The Hall–Kier alpha value is -3.17. The lowest BCUT2D eigenvalue weighted by atomic mass is 10.1. The van der Waals surface area contributed by atoms with Gasteiger partial charge in [0.15, 0.2) is 11.5 Å². The Balaban J connectivity index is 1.56. The molecule has 0 unspecified atom stereocenters. The molecule has 174 valence electrons. The Morgan fingerprint density at radius 1 is 1.18 bits per heavy atom. The van der Waals surface area contributed by atoms with Gasteiger partial charge < -0.3 is 24.4 Å². The maximum absolute atomic E-state index is 13.5. The van der Waals surface area contributed by atoms with E-state index in [0.717, 1.165) is 0 Å². The molecule has 8 nitrogen and oxygen atoms in total. The van der Waals surface area contributed by atoms with Gasteiger partial charge >= 0.3 is 0 Å². The topological polar surface area (TPSA) is 85.8 Å². The van der Waals surface area contributed by atoms with Crippen LogP contribution in [0.2, 0.25) is 5.02 Å². The zero-order valence-corrected chi connectivity index (χ0v) is 19.1. The number of piperidine rings is 1. The standard InChI is InChI=1S/C23H24ClFN4O4/c1-31-12-22(30)29-7-5-15(6-8-29)33-21-10-16-19(11-20(21)32-2)26-13-27-23(16)28-14-3-4-18(25)17(24)9-14/h3-4,9-11,13,15H,5-8,12H2,1-2H3,(H,26,27,28). The fourth-order valence-corrected chi connectivity index (χ4v) is 3.92. The minimum atomic E-state index is -0.495. The van der Waals surface area contributed by atoms with E-state index in [1.54, 1.807) is 24.1 Å². The first-order valence-electron chi connectivity index (χ1n) is 10.5. The normalized spacial score (nSPS) is 14.4. The number of halogens is 2. The van der Waals surface area contributed by atoms with Gasteiger partial charge in [0.25, 0.3) is 0 Å². The van der Waals surface area contributed by atoms with Gasteiger partial charge in [0, 0.05) is 50.2 Å². The lowest BCUT2D eigenvalue weighted by molar-refractivity contribution is -0.136. The van der Waals surface area contributed by atoms with Crippen LogP contribution in [-0.2, 0) is 9.53 Å². The number of nitrogens with zero attached hydrogens (tertiary/aromatic N) is 3. The van der Waals surface area contributed by atoms with Crippen molar-refractivity contribution in [3.05, 3.63) is 47.5 Å². The monoisotopic (exact) mass is 474 g/mol. The van der Waals surface area contributed by atoms with E-state index in [-0.39, 0.29) is 23.6 Å². The minimum Gasteiger partial charge on any atom is -0.493 e. The number of carbonyl (C=O) groups excluding carboxylic acids is 1. The minimum absolute atomic E-state index is 0.0133. The molecule has 33 heavy (non-hydrogen) atoms. The van der Waals surface area contributed by atoms with Crippen molar-refractivity contribution in [3.8, 4) is 11.5 Å². The quantitative estimate of drug-likeness (QED) is 0.549. The summed E-state index contributed by atoms with van der Waals surface area (Å²) in [5.41, 5.74) is 1.25. The molecule has 4 rings (SSSR count). The number of methoxy groups -OCH3 is 2. The average molecular weight is 475 g/mol. The number of carbonyl (C=O) groups is 1. The van der Waals surface area contributed by atoms with Crippen LogP contribution in [0, 0.1) is 5.82 Å². The largest absolute Gasteiger partial charge is 0.493 e. The molecule has 0 aliphatic carbocycles. The number of ether oxygens (including phenoxy) is 3. The fraction of sp³-hybridized carbons (Fsp3) is 0.348. The van der Waals surface area contributed by atoms with Crippen LogP contribution in [0.4, 0.5) is 15.9 Å². The van der Waals surface area contributed by atoms with Crippen molar-refractivity contribution in [3.63, 3.8) is 0 Å². The van der Waals surface area contributed by atoms with Crippen molar-refractivity contribution < 1.29 is 23.4 Å². The van der Waals surface area contributed by atoms with Crippen LogP contribution in [0.1, 0.15) is 12.8 Å². The number of aromatic nitrogens is 2. The summed E-state index contributed by atoms with van der Waals surface area (Å²) in [4.78, 5) is 22.5. The molecule has 2 aromatic carbocycles. The molecular weight excluding hydrogens is 451 g/mol. The number of anilines is 2. The highest BCUT2D eigenvalue weighted by atomic mass is 35.5. The third kappa shape index (κ3) is 5.26. The summed E-state index contributed by atoms with van der Waals surface area (Å²) >= 11 is 5.90. The number of likely N-dealkylation sites (tertiary alicyclic amines) is 1. The highest BCUT2D eigenvalue weighted by molar-refractivity contribution is 6.31. The van der Waals surface area contributed by atoms with E-state index >= 15 is 0 Å². The Kier molecular flexibility index (Phi) is 7.10. The van der Waals surface area contributed by atoms with E-state index in [2.05, 4.69) is 15.3 Å². The van der Waals surface area contributed by atoms with Crippen LogP contribution in [0.15, 0.2) is 36.7 Å². The lowest BCUT2D eigenvalue weighted by Crippen LogP contribution is -2.43. The molecule has 1 fully saturated rings. The zero-order valence-electron chi connectivity index (χ0n) is 18.3. The fourth-order valence-electron chi connectivity index (χ4n) is 3.74. The van der Waals surface area contributed by atoms with Crippen LogP contribution >= 0.6 is 11.6 Å². The SMILES string of the molecule is COCC(=O)N1CCC(Oc2cc3c(Nc4ccc(F)c(Cl)c4)ncnc3cc2OC)CC1. The molecule has 3 aromatic rings. The first kappa shape index (κ1) is 23.0.